The van der Waals surface area contributed by atoms with Crippen molar-refractivity contribution < 1.29 is 4.79 Å². The SMILES string of the molecule is Nc1cc(Br)cc(C(=O)NCCCn2ccnc2)c1. The summed E-state index contributed by atoms with van der Waals surface area (Å²) in [6, 6.07) is 5.17. The third-order valence-electron chi connectivity index (χ3n) is 2.62. The largest absolute Gasteiger partial charge is 0.399 e. The van der Waals surface area contributed by atoms with Gasteiger partial charge in [-0.2, -0.15) is 0 Å². The number of anilines is 1. The quantitative estimate of drug-likeness (QED) is 0.653. The van der Waals surface area contributed by atoms with Gasteiger partial charge < -0.3 is 15.6 Å². The Labute approximate surface area is 120 Å². The fourth-order valence-electron chi connectivity index (χ4n) is 1.73. The highest BCUT2D eigenvalue weighted by Crippen LogP contribution is 2.17. The van der Waals surface area contributed by atoms with Crippen molar-refractivity contribution in [2.24, 2.45) is 0 Å². The van der Waals surface area contributed by atoms with Crippen molar-refractivity contribution in [2.45, 2.75) is 13.0 Å². The number of benzene rings is 1. The van der Waals surface area contributed by atoms with Gasteiger partial charge in [-0.3, -0.25) is 4.79 Å². The minimum Gasteiger partial charge on any atom is -0.399 e. The van der Waals surface area contributed by atoms with Crippen molar-refractivity contribution in [3.8, 4) is 0 Å². The molecule has 2 rings (SSSR count). The maximum Gasteiger partial charge on any atom is 0.251 e. The number of nitrogens with one attached hydrogen (secondary N) is 1. The first-order chi connectivity index (χ1) is 9.15. The fraction of sp³-hybridized carbons (Fsp3) is 0.231. The summed E-state index contributed by atoms with van der Waals surface area (Å²) < 4.78 is 2.78. The number of aryl methyl sites for hydroxylation is 1. The molecule has 6 heteroatoms. The predicted octanol–water partition coefficient (Wildman–Crippen LogP) is 2.05. The molecular weight excluding hydrogens is 308 g/mol. The van der Waals surface area contributed by atoms with Crippen LogP contribution in [0.25, 0.3) is 0 Å². The smallest absolute Gasteiger partial charge is 0.251 e. The van der Waals surface area contributed by atoms with Gasteiger partial charge in [0.15, 0.2) is 0 Å². The zero-order valence-electron chi connectivity index (χ0n) is 10.3. The summed E-state index contributed by atoms with van der Waals surface area (Å²) >= 11 is 3.32. The summed E-state index contributed by atoms with van der Waals surface area (Å²) in [6.07, 6.45) is 6.25. The van der Waals surface area contributed by atoms with Crippen molar-refractivity contribution in [1.82, 2.24) is 14.9 Å². The number of amides is 1. The lowest BCUT2D eigenvalue weighted by Gasteiger charge is -2.07. The van der Waals surface area contributed by atoms with Crippen LogP contribution < -0.4 is 11.1 Å². The maximum atomic E-state index is 11.9. The standard InChI is InChI=1S/C13H15BrN4O/c14-11-6-10(7-12(15)8-11)13(19)17-2-1-4-18-5-3-16-9-18/h3,5-9H,1-2,4,15H2,(H,17,19). The number of halogens is 1. The summed E-state index contributed by atoms with van der Waals surface area (Å²) in [7, 11) is 0. The van der Waals surface area contributed by atoms with E-state index in [4.69, 9.17) is 5.73 Å². The normalized spacial score (nSPS) is 10.4. The van der Waals surface area contributed by atoms with Crippen molar-refractivity contribution in [1.29, 1.82) is 0 Å². The van der Waals surface area contributed by atoms with Gasteiger partial charge in [0.1, 0.15) is 0 Å². The van der Waals surface area contributed by atoms with Crippen LogP contribution in [0.1, 0.15) is 16.8 Å². The second-order valence-corrected chi connectivity index (χ2v) is 5.10. The van der Waals surface area contributed by atoms with Crippen LogP contribution in [0.15, 0.2) is 41.4 Å². The Bertz CT molecular complexity index is 534. The van der Waals surface area contributed by atoms with E-state index in [0.717, 1.165) is 17.4 Å². The van der Waals surface area contributed by atoms with Crippen molar-refractivity contribution >= 4 is 27.5 Å². The van der Waals surface area contributed by atoms with Crippen molar-refractivity contribution in [3.05, 3.63) is 47.0 Å². The average molecular weight is 323 g/mol. The van der Waals surface area contributed by atoms with Crippen LogP contribution in [0.4, 0.5) is 5.69 Å². The number of rotatable bonds is 5. The molecule has 0 saturated heterocycles. The number of hydrogen-bond acceptors (Lipinski definition) is 3. The van der Waals surface area contributed by atoms with Gasteiger partial charge in [-0.05, 0) is 24.6 Å². The van der Waals surface area contributed by atoms with E-state index < -0.39 is 0 Å². The molecule has 0 aliphatic carbocycles. The molecule has 0 atom stereocenters. The molecule has 2 aromatic rings. The number of nitrogens with zero attached hydrogens (tertiary/aromatic N) is 2. The maximum absolute atomic E-state index is 11.9. The Kier molecular flexibility index (Phi) is 4.57. The molecule has 0 radical (unpaired) electrons. The van der Waals surface area contributed by atoms with E-state index in [1.807, 2.05) is 10.8 Å². The minimum absolute atomic E-state index is 0.112. The van der Waals surface area contributed by atoms with E-state index in [1.54, 1.807) is 30.7 Å². The van der Waals surface area contributed by atoms with E-state index in [2.05, 4.69) is 26.2 Å². The Hall–Kier alpha value is -1.82. The summed E-state index contributed by atoms with van der Waals surface area (Å²) in [6.45, 7) is 1.45. The van der Waals surface area contributed by atoms with Crippen LogP contribution in [0.5, 0.6) is 0 Å². The average Bonchev–Trinajstić information content (AvgIpc) is 2.86. The third kappa shape index (κ3) is 4.10. The first-order valence-electron chi connectivity index (χ1n) is 5.95. The van der Waals surface area contributed by atoms with Gasteiger partial charge in [-0.25, -0.2) is 4.98 Å². The minimum atomic E-state index is -0.112. The van der Waals surface area contributed by atoms with Gasteiger partial charge in [-0.15, -0.1) is 0 Å². The van der Waals surface area contributed by atoms with E-state index in [1.165, 1.54) is 0 Å². The highest BCUT2D eigenvalue weighted by molar-refractivity contribution is 9.10. The van der Waals surface area contributed by atoms with Gasteiger partial charge in [0, 0.05) is 41.2 Å². The van der Waals surface area contributed by atoms with Crippen molar-refractivity contribution in [2.75, 3.05) is 12.3 Å². The summed E-state index contributed by atoms with van der Waals surface area (Å²) in [5.41, 5.74) is 6.83. The number of nitrogens with two attached hydrogens (primary N) is 1. The van der Waals surface area contributed by atoms with Gasteiger partial charge in [-0.1, -0.05) is 15.9 Å². The predicted molar refractivity (Wildman–Crippen MR) is 77.7 cm³/mol. The molecule has 5 nitrogen and oxygen atoms in total. The lowest BCUT2D eigenvalue weighted by Crippen LogP contribution is -2.25. The number of aromatic nitrogens is 2. The Balaban J connectivity index is 1.80. The van der Waals surface area contributed by atoms with E-state index in [0.29, 0.717) is 17.8 Å². The molecule has 3 N–H and O–H groups in total. The van der Waals surface area contributed by atoms with Gasteiger partial charge >= 0.3 is 0 Å². The lowest BCUT2D eigenvalue weighted by molar-refractivity contribution is 0.0952. The molecule has 1 amide bonds. The highest BCUT2D eigenvalue weighted by atomic mass is 79.9. The second kappa shape index (κ2) is 6.38. The third-order valence-corrected chi connectivity index (χ3v) is 3.08. The van der Waals surface area contributed by atoms with E-state index >= 15 is 0 Å². The number of hydrogen-bond donors (Lipinski definition) is 2. The molecule has 0 spiro atoms. The van der Waals surface area contributed by atoms with Gasteiger partial charge in [0.25, 0.3) is 5.91 Å². The number of carbonyl (C=O) groups excluding carboxylic acids is 1. The monoisotopic (exact) mass is 322 g/mol. The summed E-state index contributed by atoms with van der Waals surface area (Å²) in [4.78, 5) is 15.9. The van der Waals surface area contributed by atoms with Crippen LogP contribution in [0, 0.1) is 0 Å². The molecule has 0 unspecified atom stereocenters. The molecule has 0 fully saturated rings. The molecular formula is C13H15BrN4O. The van der Waals surface area contributed by atoms with E-state index in [9.17, 15) is 4.79 Å². The molecule has 1 heterocycles. The van der Waals surface area contributed by atoms with Crippen LogP contribution in [-0.2, 0) is 6.54 Å². The number of carbonyl (C=O) groups is 1. The van der Waals surface area contributed by atoms with Crippen LogP contribution in [-0.4, -0.2) is 22.0 Å². The number of nitrogen functional groups attached to an aromatic ring is 1. The van der Waals surface area contributed by atoms with Crippen LogP contribution >= 0.6 is 15.9 Å². The molecule has 1 aromatic carbocycles. The molecule has 19 heavy (non-hydrogen) atoms. The molecule has 0 saturated carbocycles. The van der Waals surface area contributed by atoms with Gasteiger partial charge in [0.05, 0.1) is 6.33 Å². The molecule has 100 valence electrons. The van der Waals surface area contributed by atoms with Crippen LogP contribution in [0.2, 0.25) is 0 Å². The second-order valence-electron chi connectivity index (χ2n) is 4.18. The molecule has 1 aromatic heterocycles. The summed E-state index contributed by atoms with van der Waals surface area (Å²) in [5.74, 6) is -0.112. The highest BCUT2D eigenvalue weighted by Gasteiger charge is 2.06. The zero-order valence-corrected chi connectivity index (χ0v) is 11.9. The summed E-state index contributed by atoms with van der Waals surface area (Å²) in [5, 5.41) is 2.87. The first-order valence-corrected chi connectivity index (χ1v) is 6.74. The number of imidazole rings is 1. The topological polar surface area (TPSA) is 72.9 Å². The molecule has 0 bridgehead atoms. The Morgan fingerprint density at radius 2 is 2.26 bits per heavy atom. The molecule has 0 aliphatic rings. The lowest BCUT2D eigenvalue weighted by atomic mass is 10.2. The molecule has 0 aliphatic heterocycles. The van der Waals surface area contributed by atoms with Crippen LogP contribution in [0.3, 0.4) is 0 Å². The Morgan fingerprint density at radius 1 is 1.42 bits per heavy atom. The first kappa shape index (κ1) is 13.6. The fourth-order valence-corrected chi connectivity index (χ4v) is 2.24. The van der Waals surface area contributed by atoms with E-state index in [-0.39, 0.29) is 5.91 Å². The zero-order chi connectivity index (χ0) is 13.7. The Morgan fingerprint density at radius 3 is 2.95 bits per heavy atom. The van der Waals surface area contributed by atoms with Crippen molar-refractivity contribution in [3.63, 3.8) is 0 Å². The van der Waals surface area contributed by atoms with Gasteiger partial charge in [0.2, 0.25) is 0 Å².